The Labute approximate surface area is 265 Å². The lowest BCUT2D eigenvalue weighted by molar-refractivity contribution is -0.150. The van der Waals surface area contributed by atoms with Gasteiger partial charge in [-0.15, -0.1) is 0 Å². The van der Waals surface area contributed by atoms with Gasteiger partial charge in [0.2, 0.25) is 0 Å². The van der Waals surface area contributed by atoms with Gasteiger partial charge in [0.05, 0.1) is 0 Å². The maximum atomic E-state index is 12.5. The number of rotatable bonds is 31. The normalized spacial score (nSPS) is 13.0. The van der Waals surface area contributed by atoms with Gasteiger partial charge in [0.15, 0.2) is 0 Å². The molecular formula is C39H66O4. The van der Waals surface area contributed by atoms with Crippen LogP contribution in [0, 0.1) is 0 Å². The fourth-order valence-electron chi connectivity index (χ4n) is 4.91. The topological polar surface area (TPSA) is 63.6 Å². The van der Waals surface area contributed by atoms with Gasteiger partial charge < -0.3 is 9.84 Å². The number of hydrogen-bond donors (Lipinski definition) is 1. The van der Waals surface area contributed by atoms with Crippen molar-refractivity contribution >= 4 is 11.9 Å². The Hall–Kier alpha value is -2.36. The number of esters is 1. The first-order valence-corrected chi connectivity index (χ1v) is 17.8. The molecule has 0 saturated heterocycles. The number of ether oxygens (including phenoxy) is 1. The minimum Gasteiger partial charge on any atom is -0.481 e. The van der Waals surface area contributed by atoms with Crippen molar-refractivity contribution in [1.29, 1.82) is 0 Å². The molecule has 0 spiro atoms. The summed E-state index contributed by atoms with van der Waals surface area (Å²) in [6.45, 7) is 4.38. The Morgan fingerprint density at radius 1 is 0.535 bits per heavy atom. The van der Waals surface area contributed by atoms with Crippen LogP contribution in [0.3, 0.4) is 0 Å². The number of allylic oxidation sites excluding steroid dienone is 10. The van der Waals surface area contributed by atoms with Crippen LogP contribution in [0.4, 0.5) is 0 Å². The molecule has 0 aromatic rings. The summed E-state index contributed by atoms with van der Waals surface area (Å²) in [7, 11) is 0. The highest BCUT2D eigenvalue weighted by molar-refractivity contribution is 5.69. The summed E-state index contributed by atoms with van der Waals surface area (Å²) >= 11 is 0. The third-order valence-corrected chi connectivity index (χ3v) is 7.50. The molecule has 43 heavy (non-hydrogen) atoms. The molecule has 0 aromatic heterocycles. The highest BCUT2D eigenvalue weighted by atomic mass is 16.5. The Morgan fingerprint density at radius 3 is 1.51 bits per heavy atom. The van der Waals surface area contributed by atoms with Crippen LogP contribution in [-0.4, -0.2) is 23.1 Å². The predicted octanol–water partition coefficient (Wildman–Crippen LogP) is 12.2. The van der Waals surface area contributed by atoms with Gasteiger partial charge in [-0.3, -0.25) is 9.59 Å². The van der Waals surface area contributed by atoms with Crippen molar-refractivity contribution in [2.24, 2.45) is 0 Å². The molecule has 4 nitrogen and oxygen atoms in total. The standard InChI is InChI=1S/C39H66O4/c1-3-5-7-9-10-11-12-13-14-15-16-17-18-19-20-21-25-28-32-36-39(42)43-37(33-29-8-6-4-2)34-30-26-23-22-24-27-31-35-38(40)41/h5,7,10-11,13-14,16-17,19-20,37H,3-4,6,8-9,12,15,18,21-36H2,1-2H3,(H,40,41)/b7-5-,11-10-,14-13-,17-16-,20-19-. The van der Waals surface area contributed by atoms with Crippen LogP contribution in [0.2, 0.25) is 0 Å². The molecule has 0 aromatic carbocycles. The van der Waals surface area contributed by atoms with Crippen LogP contribution in [0.5, 0.6) is 0 Å². The van der Waals surface area contributed by atoms with E-state index in [0.717, 1.165) is 109 Å². The number of carbonyl (C=O) groups is 2. The molecule has 1 unspecified atom stereocenters. The van der Waals surface area contributed by atoms with E-state index in [-0.39, 0.29) is 18.5 Å². The van der Waals surface area contributed by atoms with E-state index in [4.69, 9.17) is 9.84 Å². The first-order chi connectivity index (χ1) is 21.1. The average Bonchev–Trinajstić information content (AvgIpc) is 2.99. The van der Waals surface area contributed by atoms with E-state index in [1.807, 2.05) is 0 Å². The van der Waals surface area contributed by atoms with E-state index in [1.54, 1.807) is 0 Å². The van der Waals surface area contributed by atoms with Crippen LogP contribution in [-0.2, 0) is 14.3 Å². The first kappa shape index (κ1) is 40.6. The molecular weight excluding hydrogens is 532 g/mol. The second-order valence-corrected chi connectivity index (χ2v) is 11.7. The van der Waals surface area contributed by atoms with Crippen LogP contribution in [0.1, 0.15) is 168 Å². The molecule has 1 atom stereocenters. The molecule has 246 valence electrons. The van der Waals surface area contributed by atoms with Gasteiger partial charge in [-0.05, 0) is 83.5 Å². The number of carboxylic acids is 1. The molecule has 0 saturated carbocycles. The van der Waals surface area contributed by atoms with Gasteiger partial charge in [0, 0.05) is 12.8 Å². The molecule has 0 heterocycles. The van der Waals surface area contributed by atoms with Gasteiger partial charge in [0.1, 0.15) is 6.10 Å². The Kier molecular flexibility index (Phi) is 32.3. The van der Waals surface area contributed by atoms with Gasteiger partial charge in [0.25, 0.3) is 0 Å². The summed E-state index contributed by atoms with van der Waals surface area (Å²) < 4.78 is 5.92. The van der Waals surface area contributed by atoms with Gasteiger partial charge in [-0.2, -0.15) is 0 Å². The summed E-state index contributed by atoms with van der Waals surface area (Å²) in [5, 5.41) is 8.71. The van der Waals surface area contributed by atoms with E-state index >= 15 is 0 Å². The van der Waals surface area contributed by atoms with Crippen LogP contribution < -0.4 is 0 Å². The zero-order valence-corrected chi connectivity index (χ0v) is 28.0. The molecule has 0 aliphatic rings. The maximum absolute atomic E-state index is 12.5. The molecule has 0 amide bonds. The van der Waals surface area contributed by atoms with Crippen LogP contribution in [0.15, 0.2) is 60.8 Å². The van der Waals surface area contributed by atoms with Gasteiger partial charge in [-0.1, -0.05) is 132 Å². The second kappa shape index (κ2) is 34.1. The molecule has 0 radical (unpaired) electrons. The number of carboxylic acid groups (broad SMARTS) is 1. The first-order valence-electron chi connectivity index (χ1n) is 17.8. The van der Waals surface area contributed by atoms with E-state index in [1.165, 1.54) is 32.1 Å². The zero-order chi connectivity index (χ0) is 31.5. The van der Waals surface area contributed by atoms with E-state index in [0.29, 0.717) is 6.42 Å². The number of hydrogen-bond acceptors (Lipinski definition) is 3. The smallest absolute Gasteiger partial charge is 0.306 e. The number of unbranched alkanes of at least 4 members (excludes halogenated alkanes) is 12. The lowest BCUT2D eigenvalue weighted by atomic mass is 10.0. The largest absolute Gasteiger partial charge is 0.481 e. The van der Waals surface area contributed by atoms with E-state index < -0.39 is 5.97 Å². The molecule has 0 bridgehead atoms. The molecule has 4 heteroatoms. The fraction of sp³-hybridized carbons (Fsp3) is 0.692. The fourth-order valence-corrected chi connectivity index (χ4v) is 4.91. The predicted molar refractivity (Wildman–Crippen MR) is 185 cm³/mol. The van der Waals surface area contributed by atoms with Crippen molar-refractivity contribution in [3.8, 4) is 0 Å². The van der Waals surface area contributed by atoms with E-state index in [2.05, 4.69) is 74.6 Å². The van der Waals surface area contributed by atoms with E-state index in [9.17, 15) is 9.59 Å². The highest BCUT2D eigenvalue weighted by Gasteiger charge is 2.14. The Balaban J connectivity index is 3.93. The SMILES string of the molecule is CC/C=C\C/C=C\C/C=C\C/C=C\C/C=C\CCCCCC(=O)OC(CCCCCC)CCCCCCCCCC(=O)O. The Morgan fingerprint density at radius 2 is 0.977 bits per heavy atom. The number of carbonyl (C=O) groups excluding carboxylic acids is 1. The summed E-state index contributed by atoms with van der Waals surface area (Å²) in [5.41, 5.74) is 0. The lowest BCUT2D eigenvalue weighted by Gasteiger charge is -2.18. The lowest BCUT2D eigenvalue weighted by Crippen LogP contribution is -2.18. The van der Waals surface area contributed by atoms with Crippen LogP contribution >= 0.6 is 0 Å². The summed E-state index contributed by atoms with van der Waals surface area (Å²) in [6, 6.07) is 0. The Bertz CT molecular complexity index is 774. The van der Waals surface area contributed by atoms with Crippen molar-refractivity contribution in [1.82, 2.24) is 0 Å². The zero-order valence-electron chi connectivity index (χ0n) is 28.0. The van der Waals surface area contributed by atoms with Gasteiger partial charge >= 0.3 is 11.9 Å². The third-order valence-electron chi connectivity index (χ3n) is 7.50. The maximum Gasteiger partial charge on any atom is 0.306 e. The van der Waals surface area contributed by atoms with Crippen molar-refractivity contribution in [2.45, 2.75) is 174 Å². The minimum atomic E-state index is -0.694. The summed E-state index contributed by atoms with van der Waals surface area (Å²) in [5.74, 6) is -0.713. The monoisotopic (exact) mass is 598 g/mol. The van der Waals surface area contributed by atoms with Crippen molar-refractivity contribution in [2.75, 3.05) is 0 Å². The molecule has 0 rings (SSSR count). The second-order valence-electron chi connectivity index (χ2n) is 11.7. The highest BCUT2D eigenvalue weighted by Crippen LogP contribution is 2.18. The van der Waals surface area contributed by atoms with Crippen molar-refractivity contribution < 1.29 is 19.4 Å². The number of aliphatic carboxylic acids is 1. The molecule has 0 aliphatic heterocycles. The minimum absolute atomic E-state index is 0.0196. The quantitative estimate of drug-likeness (QED) is 0.0490. The van der Waals surface area contributed by atoms with Crippen molar-refractivity contribution in [3.05, 3.63) is 60.8 Å². The average molecular weight is 599 g/mol. The molecule has 1 N–H and O–H groups in total. The molecule has 0 aliphatic carbocycles. The van der Waals surface area contributed by atoms with Crippen LogP contribution in [0.25, 0.3) is 0 Å². The van der Waals surface area contributed by atoms with Crippen molar-refractivity contribution in [3.63, 3.8) is 0 Å². The molecule has 0 fully saturated rings. The van der Waals surface area contributed by atoms with Gasteiger partial charge in [-0.25, -0.2) is 0 Å². The third kappa shape index (κ3) is 34.0. The summed E-state index contributed by atoms with van der Waals surface area (Å²) in [4.78, 5) is 23.1. The summed E-state index contributed by atoms with van der Waals surface area (Å²) in [6.07, 6.45) is 46.8.